The number of aromatic nitrogens is 2. The molecule has 1 heterocycles. The summed E-state index contributed by atoms with van der Waals surface area (Å²) in [6.07, 6.45) is 2.81. The van der Waals surface area contributed by atoms with Gasteiger partial charge in [0.2, 0.25) is 0 Å². The fourth-order valence-electron chi connectivity index (χ4n) is 1.39. The van der Waals surface area contributed by atoms with Crippen molar-refractivity contribution in [2.75, 3.05) is 5.32 Å². The van der Waals surface area contributed by atoms with Gasteiger partial charge in [-0.25, -0.2) is 18.7 Å². The highest BCUT2D eigenvalue weighted by molar-refractivity contribution is 5.47. The van der Waals surface area contributed by atoms with Gasteiger partial charge in [-0.05, 0) is 6.07 Å². The highest BCUT2D eigenvalue weighted by atomic mass is 19.1. The van der Waals surface area contributed by atoms with Crippen LogP contribution in [0.25, 0.3) is 0 Å². The van der Waals surface area contributed by atoms with E-state index in [9.17, 15) is 8.78 Å². The Morgan fingerprint density at radius 3 is 2.72 bits per heavy atom. The van der Waals surface area contributed by atoms with Crippen LogP contribution in [0.5, 0.6) is 0 Å². The average molecular weight is 246 g/mol. The number of hydrogen-bond donors (Lipinski definition) is 1. The summed E-state index contributed by atoms with van der Waals surface area (Å²) < 4.78 is 26.1. The molecule has 18 heavy (non-hydrogen) atoms. The first kappa shape index (κ1) is 11.9. The predicted octanol–water partition coefficient (Wildman–Crippen LogP) is 2.24. The summed E-state index contributed by atoms with van der Waals surface area (Å²) in [5, 5.41) is 11.6. The molecule has 0 unspecified atom stereocenters. The molecule has 2 aromatic rings. The molecule has 0 saturated heterocycles. The lowest BCUT2D eigenvalue weighted by Gasteiger charge is -2.07. The van der Waals surface area contributed by atoms with Crippen molar-refractivity contribution >= 4 is 5.82 Å². The first-order valence-corrected chi connectivity index (χ1v) is 5.09. The van der Waals surface area contributed by atoms with E-state index in [1.165, 1.54) is 24.5 Å². The summed E-state index contributed by atoms with van der Waals surface area (Å²) in [6, 6.07) is 5.17. The third-order valence-electron chi connectivity index (χ3n) is 2.27. The quantitative estimate of drug-likeness (QED) is 0.902. The van der Waals surface area contributed by atoms with Crippen LogP contribution >= 0.6 is 0 Å². The van der Waals surface area contributed by atoms with E-state index in [0.717, 1.165) is 6.07 Å². The van der Waals surface area contributed by atoms with Crippen molar-refractivity contribution in [3.05, 3.63) is 53.5 Å². The fraction of sp³-hybridized carbons (Fsp3) is 0.0833. The largest absolute Gasteiger partial charge is 0.363 e. The van der Waals surface area contributed by atoms with E-state index in [2.05, 4.69) is 15.3 Å². The number of nitriles is 1. The number of nitrogens with one attached hydrogen (secondary N) is 1. The lowest BCUT2D eigenvalue weighted by Crippen LogP contribution is -2.06. The van der Waals surface area contributed by atoms with Gasteiger partial charge in [0.05, 0.1) is 0 Å². The summed E-state index contributed by atoms with van der Waals surface area (Å²) in [5.41, 5.74) is 0.408. The van der Waals surface area contributed by atoms with Crippen LogP contribution in [0, 0.1) is 23.0 Å². The summed E-state index contributed by atoms with van der Waals surface area (Å²) in [5.74, 6) is -1.01. The van der Waals surface area contributed by atoms with E-state index in [1.807, 2.05) is 6.07 Å². The fourth-order valence-corrected chi connectivity index (χ4v) is 1.39. The van der Waals surface area contributed by atoms with Gasteiger partial charge in [-0.1, -0.05) is 6.07 Å². The van der Waals surface area contributed by atoms with Crippen LogP contribution in [0.15, 0.2) is 30.6 Å². The van der Waals surface area contributed by atoms with Gasteiger partial charge >= 0.3 is 0 Å². The van der Waals surface area contributed by atoms with Crippen molar-refractivity contribution in [2.24, 2.45) is 0 Å². The molecular formula is C12H8F2N4. The maximum Gasteiger partial charge on any atom is 0.182 e. The SMILES string of the molecule is N#Cc1nccnc1NCc1ccc(F)cc1F. The van der Waals surface area contributed by atoms with Crippen molar-refractivity contribution in [1.29, 1.82) is 5.26 Å². The number of nitrogens with zero attached hydrogens (tertiary/aromatic N) is 3. The Kier molecular flexibility index (Phi) is 3.44. The average Bonchev–Trinajstić information content (AvgIpc) is 2.38. The molecular weight excluding hydrogens is 238 g/mol. The molecule has 0 aliphatic carbocycles. The summed E-state index contributed by atoms with van der Waals surface area (Å²) in [4.78, 5) is 7.73. The zero-order chi connectivity index (χ0) is 13.0. The van der Waals surface area contributed by atoms with Gasteiger partial charge in [0.15, 0.2) is 11.5 Å². The zero-order valence-corrected chi connectivity index (χ0v) is 9.19. The van der Waals surface area contributed by atoms with Crippen molar-refractivity contribution < 1.29 is 8.78 Å². The van der Waals surface area contributed by atoms with Crippen LogP contribution in [0.2, 0.25) is 0 Å². The van der Waals surface area contributed by atoms with Gasteiger partial charge in [-0.15, -0.1) is 0 Å². The maximum absolute atomic E-state index is 13.4. The van der Waals surface area contributed by atoms with Gasteiger partial charge in [-0.3, -0.25) is 0 Å². The van der Waals surface area contributed by atoms with Crippen LogP contribution in [-0.4, -0.2) is 9.97 Å². The van der Waals surface area contributed by atoms with E-state index < -0.39 is 11.6 Å². The highest BCUT2D eigenvalue weighted by Crippen LogP contribution is 2.13. The molecule has 2 rings (SSSR count). The minimum Gasteiger partial charge on any atom is -0.363 e. The maximum atomic E-state index is 13.4. The second-order valence-electron chi connectivity index (χ2n) is 3.45. The van der Waals surface area contributed by atoms with Gasteiger partial charge in [0, 0.05) is 30.6 Å². The number of halogens is 2. The van der Waals surface area contributed by atoms with Gasteiger partial charge in [0.1, 0.15) is 17.7 Å². The second kappa shape index (κ2) is 5.19. The minimum absolute atomic E-state index is 0.0967. The molecule has 0 amide bonds. The Morgan fingerprint density at radius 2 is 2.00 bits per heavy atom. The van der Waals surface area contributed by atoms with Crippen molar-refractivity contribution in [3.8, 4) is 6.07 Å². The van der Waals surface area contributed by atoms with Crippen LogP contribution in [0.1, 0.15) is 11.3 Å². The Hall–Kier alpha value is -2.55. The molecule has 1 aromatic carbocycles. The summed E-state index contributed by atoms with van der Waals surface area (Å²) in [6.45, 7) is 0.0967. The summed E-state index contributed by atoms with van der Waals surface area (Å²) in [7, 11) is 0. The molecule has 0 atom stereocenters. The Balaban J connectivity index is 2.14. The molecule has 0 aliphatic heterocycles. The van der Waals surface area contributed by atoms with Crippen LogP contribution in [-0.2, 0) is 6.54 Å². The first-order chi connectivity index (χ1) is 8.70. The standard InChI is InChI=1S/C12H8F2N4/c13-9-2-1-8(10(14)5-9)7-18-12-11(6-15)16-3-4-17-12/h1-5H,7H2,(H,17,18). The van der Waals surface area contributed by atoms with E-state index in [-0.39, 0.29) is 23.6 Å². The number of anilines is 1. The van der Waals surface area contributed by atoms with Crippen LogP contribution in [0.3, 0.4) is 0 Å². The normalized spacial score (nSPS) is 9.83. The molecule has 0 spiro atoms. The Morgan fingerprint density at radius 1 is 1.22 bits per heavy atom. The predicted molar refractivity (Wildman–Crippen MR) is 60.4 cm³/mol. The molecule has 90 valence electrons. The lowest BCUT2D eigenvalue weighted by molar-refractivity contribution is 0.574. The molecule has 4 nitrogen and oxygen atoms in total. The molecule has 1 aromatic heterocycles. The molecule has 0 aliphatic rings. The van der Waals surface area contributed by atoms with Gasteiger partial charge in [0.25, 0.3) is 0 Å². The molecule has 0 radical (unpaired) electrons. The zero-order valence-electron chi connectivity index (χ0n) is 9.19. The van der Waals surface area contributed by atoms with E-state index in [0.29, 0.717) is 0 Å². The van der Waals surface area contributed by atoms with Crippen LogP contribution in [0.4, 0.5) is 14.6 Å². The summed E-state index contributed by atoms with van der Waals surface area (Å²) >= 11 is 0. The van der Waals surface area contributed by atoms with E-state index >= 15 is 0 Å². The lowest BCUT2D eigenvalue weighted by atomic mass is 10.2. The Labute approximate surface area is 102 Å². The minimum atomic E-state index is -0.648. The first-order valence-electron chi connectivity index (χ1n) is 5.09. The third-order valence-corrected chi connectivity index (χ3v) is 2.27. The van der Waals surface area contributed by atoms with E-state index in [4.69, 9.17) is 5.26 Å². The molecule has 0 fully saturated rings. The second-order valence-corrected chi connectivity index (χ2v) is 3.45. The number of benzene rings is 1. The Bertz CT molecular complexity index is 607. The molecule has 1 N–H and O–H groups in total. The number of rotatable bonds is 3. The van der Waals surface area contributed by atoms with Gasteiger partial charge < -0.3 is 5.32 Å². The van der Waals surface area contributed by atoms with E-state index in [1.54, 1.807) is 0 Å². The monoisotopic (exact) mass is 246 g/mol. The van der Waals surface area contributed by atoms with Gasteiger partial charge in [-0.2, -0.15) is 5.26 Å². The van der Waals surface area contributed by atoms with Crippen molar-refractivity contribution in [3.63, 3.8) is 0 Å². The molecule has 6 heteroatoms. The third kappa shape index (κ3) is 2.58. The molecule has 0 saturated carbocycles. The highest BCUT2D eigenvalue weighted by Gasteiger charge is 2.06. The van der Waals surface area contributed by atoms with Crippen molar-refractivity contribution in [2.45, 2.75) is 6.54 Å². The smallest absolute Gasteiger partial charge is 0.182 e. The molecule has 0 bridgehead atoms. The topological polar surface area (TPSA) is 61.6 Å². The van der Waals surface area contributed by atoms with Crippen molar-refractivity contribution in [1.82, 2.24) is 9.97 Å². The van der Waals surface area contributed by atoms with Crippen LogP contribution < -0.4 is 5.32 Å². The number of hydrogen-bond acceptors (Lipinski definition) is 4.